The zero-order valence-corrected chi connectivity index (χ0v) is 13.9. The largest absolute Gasteiger partial charge is 0.475 e. The molecule has 0 aliphatic heterocycles. The van der Waals surface area contributed by atoms with E-state index in [1.165, 1.54) is 0 Å². The predicted octanol–water partition coefficient (Wildman–Crippen LogP) is 2.40. The number of carbonyl (C=O) groups is 1. The summed E-state index contributed by atoms with van der Waals surface area (Å²) < 4.78 is 5.63. The van der Waals surface area contributed by atoms with Crippen LogP contribution >= 0.6 is 0 Å². The van der Waals surface area contributed by atoms with Crippen LogP contribution in [-0.2, 0) is 6.54 Å². The topological polar surface area (TPSA) is 83.5 Å². The van der Waals surface area contributed by atoms with Gasteiger partial charge in [0, 0.05) is 18.3 Å². The minimum atomic E-state index is -0.452. The second-order valence-electron chi connectivity index (χ2n) is 5.61. The third-order valence-corrected chi connectivity index (χ3v) is 3.33. The molecule has 0 fully saturated rings. The summed E-state index contributed by atoms with van der Waals surface area (Å²) in [5, 5.41) is 15.0. The third-order valence-electron chi connectivity index (χ3n) is 3.33. The highest BCUT2D eigenvalue weighted by atomic mass is 16.5. The van der Waals surface area contributed by atoms with Crippen molar-refractivity contribution < 1.29 is 14.6 Å². The van der Waals surface area contributed by atoms with Crippen LogP contribution in [0.15, 0.2) is 48.7 Å². The first-order chi connectivity index (χ1) is 11.6. The highest BCUT2D eigenvalue weighted by molar-refractivity contribution is 5.74. The monoisotopic (exact) mass is 329 g/mol. The standard InChI is InChI=1S/C18H23N3O3/c1-13(2)24-17-15(9-6-10-19-17)11-20-18(23)21-16(12-22)14-7-4-3-5-8-14/h3-10,13,16,22H,11-12H2,1-2H3,(H2,20,21,23). The molecular formula is C18H23N3O3. The summed E-state index contributed by atoms with van der Waals surface area (Å²) in [4.78, 5) is 16.3. The number of hydrogen-bond donors (Lipinski definition) is 3. The molecule has 0 aliphatic rings. The van der Waals surface area contributed by atoms with E-state index in [2.05, 4.69) is 15.6 Å². The number of aliphatic hydroxyl groups is 1. The van der Waals surface area contributed by atoms with Gasteiger partial charge in [-0.05, 0) is 25.5 Å². The summed E-state index contributed by atoms with van der Waals surface area (Å²) in [7, 11) is 0. The van der Waals surface area contributed by atoms with Crippen LogP contribution in [0.3, 0.4) is 0 Å². The Morgan fingerprint density at radius 2 is 1.96 bits per heavy atom. The number of aliphatic hydroxyl groups excluding tert-OH is 1. The van der Waals surface area contributed by atoms with Crippen LogP contribution in [0.1, 0.15) is 31.0 Å². The Labute approximate surface area is 141 Å². The zero-order chi connectivity index (χ0) is 17.4. The number of rotatable bonds is 7. The van der Waals surface area contributed by atoms with Gasteiger partial charge in [0.15, 0.2) is 0 Å². The van der Waals surface area contributed by atoms with Crippen molar-refractivity contribution in [2.75, 3.05) is 6.61 Å². The summed E-state index contributed by atoms with van der Waals surface area (Å²) in [6.07, 6.45) is 1.66. The van der Waals surface area contributed by atoms with Crippen molar-refractivity contribution in [3.8, 4) is 5.88 Å². The van der Waals surface area contributed by atoms with Crippen LogP contribution in [0.2, 0.25) is 0 Å². The fraction of sp³-hybridized carbons (Fsp3) is 0.333. The van der Waals surface area contributed by atoms with Crippen molar-refractivity contribution in [2.45, 2.75) is 32.5 Å². The highest BCUT2D eigenvalue weighted by Crippen LogP contribution is 2.16. The van der Waals surface area contributed by atoms with Crippen molar-refractivity contribution >= 4 is 6.03 Å². The molecule has 0 saturated carbocycles. The first-order valence-electron chi connectivity index (χ1n) is 7.91. The van der Waals surface area contributed by atoms with Gasteiger partial charge < -0.3 is 20.5 Å². The Bertz CT molecular complexity index is 647. The average molecular weight is 329 g/mol. The number of amides is 2. The zero-order valence-electron chi connectivity index (χ0n) is 13.9. The Hall–Kier alpha value is -2.60. The van der Waals surface area contributed by atoms with E-state index in [0.29, 0.717) is 5.88 Å². The van der Waals surface area contributed by atoms with E-state index in [1.54, 1.807) is 12.3 Å². The summed E-state index contributed by atoms with van der Waals surface area (Å²) >= 11 is 0. The number of hydrogen-bond acceptors (Lipinski definition) is 4. The SMILES string of the molecule is CC(C)Oc1ncccc1CNC(=O)NC(CO)c1ccccc1. The molecule has 2 aromatic rings. The normalized spacial score (nSPS) is 11.8. The van der Waals surface area contributed by atoms with Crippen molar-refractivity contribution in [2.24, 2.45) is 0 Å². The van der Waals surface area contributed by atoms with Gasteiger partial charge in [0.05, 0.1) is 18.8 Å². The van der Waals surface area contributed by atoms with Crippen LogP contribution < -0.4 is 15.4 Å². The highest BCUT2D eigenvalue weighted by Gasteiger charge is 2.14. The van der Waals surface area contributed by atoms with Gasteiger partial charge in [-0.15, -0.1) is 0 Å². The lowest BCUT2D eigenvalue weighted by molar-refractivity contribution is 0.215. The van der Waals surface area contributed by atoms with E-state index in [4.69, 9.17) is 4.74 Å². The molecule has 2 amide bonds. The lowest BCUT2D eigenvalue weighted by Crippen LogP contribution is -2.39. The minimum absolute atomic E-state index is 0.00401. The average Bonchev–Trinajstić information content (AvgIpc) is 2.59. The molecule has 1 aromatic heterocycles. The molecule has 3 N–H and O–H groups in total. The Balaban J connectivity index is 1.93. The maximum atomic E-state index is 12.1. The van der Waals surface area contributed by atoms with E-state index >= 15 is 0 Å². The number of nitrogens with zero attached hydrogens (tertiary/aromatic N) is 1. The molecule has 0 radical (unpaired) electrons. The molecule has 0 spiro atoms. The molecule has 1 heterocycles. The van der Waals surface area contributed by atoms with Crippen LogP contribution in [0.25, 0.3) is 0 Å². The number of ether oxygens (including phenoxy) is 1. The van der Waals surface area contributed by atoms with Gasteiger partial charge in [0.25, 0.3) is 0 Å². The van der Waals surface area contributed by atoms with Gasteiger partial charge in [-0.25, -0.2) is 9.78 Å². The van der Waals surface area contributed by atoms with E-state index in [9.17, 15) is 9.90 Å². The van der Waals surface area contributed by atoms with Gasteiger partial charge in [-0.3, -0.25) is 0 Å². The molecule has 0 bridgehead atoms. The number of carbonyl (C=O) groups excluding carboxylic acids is 1. The third kappa shape index (κ3) is 5.24. The minimum Gasteiger partial charge on any atom is -0.475 e. The maximum Gasteiger partial charge on any atom is 0.315 e. The maximum absolute atomic E-state index is 12.1. The number of pyridine rings is 1. The van der Waals surface area contributed by atoms with Gasteiger partial charge in [-0.1, -0.05) is 36.4 Å². The molecule has 1 aromatic carbocycles. The van der Waals surface area contributed by atoms with Crippen molar-refractivity contribution in [3.63, 3.8) is 0 Å². The number of benzene rings is 1. The molecule has 128 valence electrons. The molecular weight excluding hydrogens is 306 g/mol. The van der Waals surface area contributed by atoms with E-state index in [1.807, 2.05) is 50.2 Å². The molecule has 2 rings (SSSR count). The molecule has 0 aliphatic carbocycles. The lowest BCUT2D eigenvalue weighted by Gasteiger charge is -2.18. The number of nitrogens with one attached hydrogen (secondary N) is 2. The predicted molar refractivity (Wildman–Crippen MR) is 91.6 cm³/mol. The molecule has 6 nitrogen and oxygen atoms in total. The van der Waals surface area contributed by atoms with Crippen molar-refractivity contribution in [3.05, 3.63) is 59.8 Å². The van der Waals surface area contributed by atoms with E-state index in [-0.39, 0.29) is 25.3 Å². The molecule has 1 atom stereocenters. The van der Waals surface area contributed by atoms with Crippen LogP contribution in [0.5, 0.6) is 5.88 Å². The Morgan fingerprint density at radius 3 is 2.62 bits per heavy atom. The molecule has 0 saturated heterocycles. The first kappa shape index (κ1) is 17.7. The fourth-order valence-corrected chi connectivity index (χ4v) is 2.19. The van der Waals surface area contributed by atoms with E-state index < -0.39 is 6.04 Å². The smallest absolute Gasteiger partial charge is 0.315 e. The number of aromatic nitrogens is 1. The van der Waals surface area contributed by atoms with Crippen molar-refractivity contribution in [1.29, 1.82) is 0 Å². The summed E-state index contributed by atoms with van der Waals surface area (Å²) in [6, 6.07) is 12.2. The van der Waals surface area contributed by atoms with Crippen LogP contribution in [0, 0.1) is 0 Å². The second kappa shape index (κ2) is 8.88. The summed E-state index contributed by atoms with van der Waals surface area (Å²) in [6.45, 7) is 3.95. The van der Waals surface area contributed by atoms with Crippen LogP contribution in [0.4, 0.5) is 4.79 Å². The van der Waals surface area contributed by atoms with E-state index in [0.717, 1.165) is 11.1 Å². The fourth-order valence-electron chi connectivity index (χ4n) is 2.19. The van der Waals surface area contributed by atoms with Gasteiger partial charge in [0.2, 0.25) is 5.88 Å². The molecule has 24 heavy (non-hydrogen) atoms. The van der Waals surface area contributed by atoms with Gasteiger partial charge >= 0.3 is 6.03 Å². The Kier molecular flexibility index (Phi) is 6.57. The second-order valence-corrected chi connectivity index (χ2v) is 5.61. The lowest BCUT2D eigenvalue weighted by atomic mass is 10.1. The number of urea groups is 1. The Morgan fingerprint density at radius 1 is 1.21 bits per heavy atom. The van der Waals surface area contributed by atoms with Gasteiger partial charge in [0.1, 0.15) is 0 Å². The quantitative estimate of drug-likeness (QED) is 0.728. The van der Waals surface area contributed by atoms with Crippen molar-refractivity contribution in [1.82, 2.24) is 15.6 Å². The van der Waals surface area contributed by atoms with Crippen LogP contribution in [-0.4, -0.2) is 28.8 Å². The summed E-state index contributed by atoms with van der Waals surface area (Å²) in [5.41, 5.74) is 1.64. The molecule has 6 heteroatoms. The van der Waals surface area contributed by atoms with Gasteiger partial charge in [-0.2, -0.15) is 0 Å². The summed E-state index contributed by atoms with van der Waals surface area (Å²) in [5.74, 6) is 0.509. The first-order valence-corrected chi connectivity index (χ1v) is 7.91. The molecule has 1 unspecified atom stereocenters.